The van der Waals surface area contributed by atoms with Gasteiger partial charge >= 0.3 is 0 Å². The third-order valence-corrected chi connectivity index (χ3v) is 7.99. The lowest BCUT2D eigenvalue weighted by molar-refractivity contribution is -0.115. The fraction of sp³-hybridized carbons (Fsp3) is 0.909. The normalized spacial score (nSPS) is 16.9. The van der Waals surface area contributed by atoms with Crippen LogP contribution in [0.25, 0.3) is 0 Å². The van der Waals surface area contributed by atoms with Crippen molar-refractivity contribution in [3.05, 3.63) is 0 Å². The van der Waals surface area contributed by atoms with Gasteiger partial charge in [0, 0.05) is 0 Å². The lowest BCUT2D eigenvalue weighted by Crippen LogP contribution is -2.28. The zero-order chi connectivity index (χ0) is 16.2. The predicted octanol–water partition coefficient (Wildman–Crippen LogP) is 5.60. The van der Waals surface area contributed by atoms with E-state index in [4.69, 9.17) is 46.4 Å². The van der Waals surface area contributed by atoms with Crippen molar-refractivity contribution in [1.29, 1.82) is 0 Å². The average molecular weight is 438 g/mol. The molecule has 122 valence electrons. The second-order valence-electron chi connectivity index (χ2n) is 3.73. The minimum absolute atomic E-state index is 0.0430. The molecule has 0 amide bonds. The minimum atomic E-state index is -0.843. The van der Waals surface area contributed by atoms with Crippen LogP contribution in [0.15, 0.2) is 0 Å². The highest BCUT2D eigenvalue weighted by atomic mass is 35.5. The summed E-state index contributed by atoms with van der Waals surface area (Å²) < 4.78 is 0.0430. The van der Waals surface area contributed by atoms with Gasteiger partial charge in [0.1, 0.15) is 4.84 Å². The molecule has 1 saturated heterocycles. The molecule has 1 nitrogen and oxygen atoms in total. The molecule has 0 aromatic heterocycles. The van der Waals surface area contributed by atoms with Gasteiger partial charge in [0.25, 0.3) is 0 Å². The van der Waals surface area contributed by atoms with Crippen LogP contribution in [-0.4, -0.2) is 42.5 Å². The molecule has 0 spiro atoms. The number of hydrogen-bond donors (Lipinski definition) is 2. The van der Waals surface area contributed by atoms with Crippen LogP contribution in [0.5, 0.6) is 0 Å². The Hall–Kier alpha value is 2.23. The number of ketones is 1. The van der Waals surface area contributed by atoms with Crippen LogP contribution in [0.3, 0.4) is 0 Å². The molecule has 0 aromatic rings. The molecule has 1 aliphatic rings. The van der Waals surface area contributed by atoms with Gasteiger partial charge in [-0.1, -0.05) is 23.2 Å². The van der Waals surface area contributed by atoms with Gasteiger partial charge in [0.2, 0.25) is 0 Å². The maximum atomic E-state index is 9.88. The van der Waals surface area contributed by atoms with E-state index in [2.05, 4.69) is 32.2 Å². The molecule has 20 heavy (non-hydrogen) atoms. The number of thiol groups is 2. The van der Waals surface area contributed by atoms with Crippen molar-refractivity contribution >= 4 is 101 Å². The first-order chi connectivity index (χ1) is 9.21. The monoisotopic (exact) mass is 436 g/mol. The Bertz CT molecular complexity index is 247. The number of Topliss-reactive ketones (excluding diaryl/α,β-unsaturated/α-hetero) is 1. The molecular formula is C11H20Cl4OS4. The molecule has 0 radical (unpaired) electrons. The number of alkyl halides is 4. The molecule has 0 bridgehead atoms. The summed E-state index contributed by atoms with van der Waals surface area (Å²) >= 11 is 33.1. The first-order valence-electron chi connectivity index (χ1n) is 5.77. The molecule has 0 saturated carbocycles. The fourth-order valence-corrected chi connectivity index (χ4v) is 4.19. The summed E-state index contributed by atoms with van der Waals surface area (Å²) in [4.78, 5) is 8.79. The number of rotatable bonds is 3. The summed E-state index contributed by atoms with van der Waals surface area (Å²) in [5.41, 5.74) is 0. The van der Waals surface area contributed by atoms with Gasteiger partial charge < -0.3 is 0 Å². The second-order valence-corrected chi connectivity index (χ2v) is 10.2. The lowest BCUT2D eigenvalue weighted by Gasteiger charge is -2.33. The number of carbonyl (C=O) groups is 1. The Morgan fingerprint density at radius 1 is 1.15 bits per heavy atom. The molecule has 1 rings (SSSR count). The van der Waals surface area contributed by atoms with Gasteiger partial charge in [0.15, 0.2) is 10.6 Å². The van der Waals surface area contributed by atoms with E-state index >= 15 is 0 Å². The quantitative estimate of drug-likeness (QED) is 0.441. The maximum absolute atomic E-state index is 9.88. The zero-order valence-corrected chi connectivity index (χ0v) is 17.8. The van der Waals surface area contributed by atoms with Crippen LogP contribution in [0.1, 0.15) is 20.3 Å². The first-order valence-corrected chi connectivity index (χ1v) is 10.8. The van der Waals surface area contributed by atoms with E-state index in [1.807, 2.05) is 23.5 Å². The molecule has 9 heteroatoms. The second kappa shape index (κ2) is 14.8. The molecule has 0 atom stereocenters. The van der Waals surface area contributed by atoms with E-state index < -0.39 is 4.84 Å². The summed E-state index contributed by atoms with van der Waals surface area (Å²) in [6.07, 6.45) is 1.28. The largest absolute Gasteiger partial charge is 0.297 e. The molecule has 0 aromatic carbocycles. The predicted molar refractivity (Wildman–Crippen MR) is 107 cm³/mol. The van der Waals surface area contributed by atoms with E-state index in [0.29, 0.717) is 0 Å². The van der Waals surface area contributed by atoms with Gasteiger partial charge in [-0.25, -0.2) is 0 Å². The molecule has 0 N–H and O–H groups in total. The van der Waals surface area contributed by atoms with Crippen molar-refractivity contribution < 1.29 is 4.79 Å². The third-order valence-electron chi connectivity index (χ3n) is 1.87. The van der Waals surface area contributed by atoms with Gasteiger partial charge in [-0.15, -0.1) is 46.7 Å². The SMILES string of the molecule is CC(=O)C(Cl)Cl.CC1(C(Cl)Cl)SCCCS1.SCCS. The molecule has 1 aliphatic heterocycles. The molecule has 1 fully saturated rings. The third kappa shape index (κ3) is 13.9. The van der Waals surface area contributed by atoms with Crippen molar-refractivity contribution in [3.63, 3.8) is 0 Å². The lowest BCUT2D eigenvalue weighted by atomic mass is 10.5. The highest BCUT2D eigenvalue weighted by Gasteiger charge is 2.34. The van der Waals surface area contributed by atoms with Gasteiger partial charge in [-0.05, 0) is 43.3 Å². The maximum Gasteiger partial charge on any atom is 0.165 e. The van der Waals surface area contributed by atoms with Crippen LogP contribution < -0.4 is 0 Å². The van der Waals surface area contributed by atoms with Gasteiger partial charge in [0.05, 0.1) is 4.08 Å². The van der Waals surface area contributed by atoms with Crippen molar-refractivity contribution in [2.24, 2.45) is 0 Å². The average Bonchev–Trinajstić information content (AvgIpc) is 2.40. The van der Waals surface area contributed by atoms with Crippen LogP contribution in [-0.2, 0) is 4.79 Å². The van der Waals surface area contributed by atoms with Crippen LogP contribution in [0, 0.1) is 0 Å². The number of halogens is 4. The molecule has 0 unspecified atom stereocenters. The van der Waals surface area contributed by atoms with E-state index in [-0.39, 0.29) is 14.7 Å². The van der Waals surface area contributed by atoms with Crippen LogP contribution in [0.4, 0.5) is 0 Å². The standard InChI is InChI=1S/C6H10Cl2S2.C3H4Cl2O.C2H6S2/c1-6(5(7)8)9-3-2-4-10-6;1-2(6)3(4)5;3-1-2-4/h5H,2-4H2,1H3;3H,1H3;3-4H,1-2H2. The summed E-state index contributed by atoms with van der Waals surface area (Å²) in [6, 6.07) is 0. The Kier molecular flexibility index (Phi) is 18.1. The Labute approximate surface area is 161 Å². The molecular weight excluding hydrogens is 418 g/mol. The number of carbonyl (C=O) groups excluding carboxylic acids is 1. The smallest absolute Gasteiger partial charge is 0.165 e. The topological polar surface area (TPSA) is 17.1 Å². The molecule has 0 aliphatic carbocycles. The summed E-state index contributed by atoms with van der Waals surface area (Å²) in [7, 11) is 0. The van der Waals surface area contributed by atoms with E-state index in [1.54, 1.807) is 0 Å². The van der Waals surface area contributed by atoms with Crippen molar-refractivity contribution in [2.75, 3.05) is 23.0 Å². The van der Waals surface area contributed by atoms with Gasteiger partial charge in [-0.3, -0.25) is 4.79 Å². The van der Waals surface area contributed by atoms with E-state index in [1.165, 1.54) is 24.9 Å². The highest BCUT2D eigenvalue weighted by Crippen LogP contribution is 2.47. The Balaban J connectivity index is 0. The van der Waals surface area contributed by atoms with E-state index in [9.17, 15) is 4.79 Å². The molecule has 1 heterocycles. The summed E-state index contributed by atoms with van der Waals surface area (Å²) in [5, 5.41) is 0. The Morgan fingerprint density at radius 3 is 1.65 bits per heavy atom. The minimum Gasteiger partial charge on any atom is -0.297 e. The first kappa shape index (κ1) is 24.5. The van der Waals surface area contributed by atoms with Crippen molar-refractivity contribution in [2.45, 2.75) is 34.0 Å². The van der Waals surface area contributed by atoms with Crippen molar-refractivity contribution in [1.82, 2.24) is 0 Å². The van der Waals surface area contributed by atoms with Crippen LogP contribution >= 0.6 is 95.2 Å². The van der Waals surface area contributed by atoms with Crippen molar-refractivity contribution in [3.8, 4) is 0 Å². The highest BCUT2D eigenvalue weighted by molar-refractivity contribution is 8.19. The summed E-state index contributed by atoms with van der Waals surface area (Å²) in [6.45, 7) is 3.46. The summed E-state index contributed by atoms with van der Waals surface area (Å²) in [5.74, 6) is 3.93. The zero-order valence-electron chi connectivity index (χ0n) is 11.3. The van der Waals surface area contributed by atoms with Crippen LogP contribution in [0.2, 0.25) is 0 Å². The fourth-order valence-electron chi connectivity index (χ4n) is 0.776. The number of thioether (sulfide) groups is 2. The number of hydrogen-bond acceptors (Lipinski definition) is 5. The Morgan fingerprint density at radius 2 is 1.50 bits per heavy atom. The van der Waals surface area contributed by atoms with Gasteiger partial charge in [-0.2, -0.15) is 25.3 Å². The van der Waals surface area contributed by atoms with E-state index in [0.717, 1.165) is 11.5 Å².